The molecule has 1 aliphatic heterocycles. The van der Waals surface area contributed by atoms with E-state index in [9.17, 15) is 0 Å². The normalized spacial score (nSPS) is 24.8. The zero-order chi connectivity index (χ0) is 21.0. The maximum atomic E-state index is 6.06. The van der Waals surface area contributed by atoms with Gasteiger partial charge in [-0.05, 0) is 26.1 Å². The molecule has 1 aromatic carbocycles. The largest absolute Gasteiger partial charge is 0.377 e. The van der Waals surface area contributed by atoms with Crippen molar-refractivity contribution in [2.45, 2.75) is 39.0 Å². The smallest absolute Gasteiger partial charge is 0.146 e. The summed E-state index contributed by atoms with van der Waals surface area (Å²) in [5, 5.41) is 3.41. The van der Waals surface area contributed by atoms with Gasteiger partial charge in [-0.3, -0.25) is 0 Å². The number of nitrogens with zero attached hydrogens (tertiary/aromatic N) is 4. The molecule has 2 aliphatic rings. The summed E-state index contributed by atoms with van der Waals surface area (Å²) in [6, 6.07) is 11.0. The molecule has 5 nitrogen and oxygen atoms in total. The number of ether oxygens (including phenoxy) is 1. The average Bonchev–Trinajstić information content (AvgIpc) is 3.33. The fraction of sp³-hybridized carbons (Fsp3) is 0.500. The summed E-state index contributed by atoms with van der Waals surface area (Å²) < 4.78 is 6.06. The number of hydrogen-bond donors (Lipinski definition) is 0. The third kappa shape index (κ3) is 3.04. The molecular weight excluding hydrogens is 392 g/mol. The van der Waals surface area contributed by atoms with E-state index in [4.69, 9.17) is 14.7 Å². The number of anilines is 1. The van der Waals surface area contributed by atoms with E-state index in [1.807, 2.05) is 0 Å². The van der Waals surface area contributed by atoms with Crippen LogP contribution in [0.3, 0.4) is 0 Å². The second-order valence-electron chi connectivity index (χ2n) is 9.52. The first-order valence-electron chi connectivity index (χ1n) is 10.7. The van der Waals surface area contributed by atoms with Gasteiger partial charge in [-0.25, -0.2) is 9.97 Å². The molecule has 3 heterocycles. The number of thiophene rings is 1. The predicted octanol–water partition coefficient (Wildman–Crippen LogP) is 4.67. The minimum atomic E-state index is 0.109. The van der Waals surface area contributed by atoms with Gasteiger partial charge in [-0.1, -0.05) is 44.2 Å². The van der Waals surface area contributed by atoms with Gasteiger partial charge in [0.1, 0.15) is 16.5 Å². The second-order valence-corrected chi connectivity index (χ2v) is 10.4. The van der Waals surface area contributed by atoms with Crippen molar-refractivity contribution >= 4 is 27.4 Å². The number of aromatic nitrogens is 2. The van der Waals surface area contributed by atoms with Gasteiger partial charge in [0, 0.05) is 42.0 Å². The Balaban J connectivity index is 1.66. The van der Waals surface area contributed by atoms with Crippen LogP contribution in [0.4, 0.5) is 5.82 Å². The van der Waals surface area contributed by atoms with Crippen molar-refractivity contribution in [2.75, 3.05) is 32.6 Å². The summed E-state index contributed by atoms with van der Waals surface area (Å²) in [7, 11) is 6.35. The summed E-state index contributed by atoms with van der Waals surface area (Å²) in [4.78, 5) is 15.7. The maximum absolute atomic E-state index is 6.06. The van der Waals surface area contributed by atoms with Crippen molar-refractivity contribution < 1.29 is 4.74 Å². The lowest BCUT2D eigenvalue weighted by atomic mass is 9.57. The summed E-state index contributed by atoms with van der Waals surface area (Å²) in [5.41, 5.74) is 2.56. The van der Waals surface area contributed by atoms with Gasteiger partial charge in [-0.2, -0.15) is 0 Å². The van der Waals surface area contributed by atoms with Gasteiger partial charge in [0.15, 0.2) is 0 Å². The Bertz CT molecular complexity index is 1060. The minimum Gasteiger partial charge on any atom is -0.377 e. The van der Waals surface area contributed by atoms with Gasteiger partial charge in [0.25, 0.3) is 0 Å². The highest BCUT2D eigenvalue weighted by atomic mass is 32.1. The molecule has 1 saturated heterocycles. The van der Waals surface area contributed by atoms with Crippen molar-refractivity contribution in [2.24, 2.45) is 11.3 Å². The molecule has 158 valence electrons. The van der Waals surface area contributed by atoms with E-state index in [0.717, 1.165) is 36.0 Å². The second kappa shape index (κ2) is 7.29. The van der Waals surface area contributed by atoms with E-state index in [0.29, 0.717) is 18.1 Å². The van der Waals surface area contributed by atoms with Crippen LogP contribution >= 0.6 is 11.3 Å². The SMILES string of the molecule is CN(C)Cc1nc(N(C)C2C3CCOC3C2(C)C)c2c(-c3ccccc3)csc2n1. The molecule has 0 amide bonds. The number of fused-ring (bicyclic) bond motifs is 2. The molecule has 3 atom stereocenters. The molecule has 1 saturated carbocycles. The third-order valence-electron chi connectivity index (χ3n) is 6.79. The van der Waals surface area contributed by atoms with Crippen molar-refractivity contribution in [1.82, 2.24) is 14.9 Å². The highest BCUT2D eigenvalue weighted by molar-refractivity contribution is 7.17. The molecule has 30 heavy (non-hydrogen) atoms. The molecule has 0 radical (unpaired) electrons. The molecular formula is C24H30N4OS. The lowest BCUT2D eigenvalue weighted by Gasteiger charge is -2.58. The fourth-order valence-electron chi connectivity index (χ4n) is 5.62. The van der Waals surface area contributed by atoms with Gasteiger partial charge in [-0.15, -0.1) is 11.3 Å². The number of hydrogen-bond acceptors (Lipinski definition) is 6. The third-order valence-corrected chi connectivity index (χ3v) is 7.67. The summed E-state index contributed by atoms with van der Waals surface area (Å²) >= 11 is 1.72. The maximum Gasteiger partial charge on any atom is 0.146 e. The number of rotatable bonds is 5. The molecule has 6 heteroatoms. The van der Waals surface area contributed by atoms with Gasteiger partial charge >= 0.3 is 0 Å². The van der Waals surface area contributed by atoms with Crippen LogP contribution in [0.2, 0.25) is 0 Å². The van der Waals surface area contributed by atoms with Crippen molar-refractivity contribution in [1.29, 1.82) is 0 Å². The Morgan fingerprint density at radius 3 is 2.63 bits per heavy atom. The minimum absolute atomic E-state index is 0.109. The summed E-state index contributed by atoms with van der Waals surface area (Å²) in [6.07, 6.45) is 1.50. The van der Waals surface area contributed by atoms with E-state index >= 15 is 0 Å². The molecule has 0 spiro atoms. The Kier molecular flexibility index (Phi) is 4.84. The first-order valence-corrected chi connectivity index (χ1v) is 11.6. The van der Waals surface area contributed by atoms with E-state index in [-0.39, 0.29) is 5.41 Å². The van der Waals surface area contributed by atoms with Crippen LogP contribution in [0, 0.1) is 11.3 Å². The molecule has 1 aliphatic carbocycles. The molecule has 2 fully saturated rings. The van der Waals surface area contributed by atoms with Crippen molar-refractivity contribution in [3.63, 3.8) is 0 Å². The average molecular weight is 423 g/mol. The van der Waals surface area contributed by atoms with Crippen LogP contribution in [0.5, 0.6) is 0 Å². The van der Waals surface area contributed by atoms with Gasteiger partial charge in [0.05, 0.1) is 18.0 Å². The molecule has 3 unspecified atom stereocenters. The predicted molar refractivity (Wildman–Crippen MR) is 124 cm³/mol. The Labute approximate surface area is 182 Å². The van der Waals surface area contributed by atoms with Gasteiger partial charge in [0.2, 0.25) is 0 Å². The van der Waals surface area contributed by atoms with E-state index in [2.05, 4.69) is 80.5 Å². The van der Waals surface area contributed by atoms with E-state index < -0.39 is 0 Å². The molecule has 0 N–H and O–H groups in total. The molecule has 2 aromatic heterocycles. The molecule has 0 bridgehead atoms. The quantitative estimate of drug-likeness (QED) is 0.598. The first-order chi connectivity index (χ1) is 14.4. The van der Waals surface area contributed by atoms with Crippen LogP contribution in [-0.4, -0.2) is 54.8 Å². The van der Waals surface area contributed by atoms with Crippen LogP contribution in [0.15, 0.2) is 35.7 Å². The zero-order valence-electron chi connectivity index (χ0n) is 18.4. The summed E-state index contributed by atoms with van der Waals surface area (Å²) in [6.45, 7) is 6.29. The Morgan fingerprint density at radius 2 is 1.90 bits per heavy atom. The van der Waals surface area contributed by atoms with E-state index in [1.54, 1.807) is 11.3 Å². The summed E-state index contributed by atoms with van der Waals surface area (Å²) in [5.74, 6) is 2.51. The van der Waals surface area contributed by atoms with Crippen LogP contribution in [0.1, 0.15) is 26.1 Å². The van der Waals surface area contributed by atoms with Crippen LogP contribution in [-0.2, 0) is 11.3 Å². The monoisotopic (exact) mass is 422 g/mol. The standard InChI is InChI=1S/C24H30N4OS/c1-24(2)20(16-11-12-29-21(16)24)28(5)22-19-17(15-9-7-6-8-10-15)14-30-23(19)26-18(25-22)13-27(3)4/h6-10,14,16,20-21H,11-13H2,1-5H3. The lowest BCUT2D eigenvalue weighted by molar-refractivity contribution is -0.101. The Hall–Kier alpha value is -2.02. The molecule has 3 aromatic rings. The highest BCUT2D eigenvalue weighted by Crippen LogP contribution is 2.55. The lowest BCUT2D eigenvalue weighted by Crippen LogP contribution is -2.66. The number of benzene rings is 1. The highest BCUT2D eigenvalue weighted by Gasteiger charge is 2.61. The topological polar surface area (TPSA) is 41.5 Å². The van der Waals surface area contributed by atoms with Crippen molar-refractivity contribution in [3.8, 4) is 11.1 Å². The van der Waals surface area contributed by atoms with Crippen LogP contribution in [0.25, 0.3) is 21.3 Å². The zero-order valence-corrected chi connectivity index (χ0v) is 19.2. The van der Waals surface area contributed by atoms with Gasteiger partial charge < -0.3 is 14.5 Å². The van der Waals surface area contributed by atoms with E-state index in [1.165, 1.54) is 16.5 Å². The van der Waals surface area contributed by atoms with Crippen LogP contribution < -0.4 is 4.90 Å². The van der Waals surface area contributed by atoms with Crippen molar-refractivity contribution in [3.05, 3.63) is 41.5 Å². The Morgan fingerprint density at radius 1 is 1.13 bits per heavy atom. The first kappa shape index (κ1) is 19.9. The fourth-order valence-corrected chi connectivity index (χ4v) is 6.58. The molecule has 5 rings (SSSR count).